The first-order chi connectivity index (χ1) is 10.8. The predicted octanol–water partition coefficient (Wildman–Crippen LogP) is 2.22. The van der Waals surface area contributed by atoms with Gasteiger partial charge in [0.05, 0.1) is 13.2 Å². The molecule has 12 heteroatoms. The van der Waals surface area contributed by atoms with Gasteiger partial charge in [0, 0.05) is 30.1 Å². The lowest BCUT2D eigenvalue weighted by Gasteiger charge is -2.15. The molecule has 0 aromatic carbocycles. The predicted molar refractivity (Wildman–Crippen MR) is 95.0 cm³/mol. The average molecular weight is 421 g/mol. The van der Waals surface area contributed by atoms with Crippen molar-refractivity contribution in [1.82, 2.24) is 0 Å². The fraction of sp³-hybridized carbons (Fsp3) is 0.833. The largest absolute Gasteiger partial charge is 0.410 e. The molecule has 0 rings (SSSR count). The van der Waals surface area contributed by atoms with Crippen LogP contribution in [0.2, 0.25) is 19.6 Å². The van der Waals surface area contributed by atoms with Gasteiger partial charge >= 0.3 is 20.8 Å². The summed E-state index contributed by atoms with van der Waals surface area (Å²) < 4.78 is 64.1. The molecule has 0 fully saturated rings. The van der Waals surface area contributed by atoms with E-state index in [1.54, 1.807) is 33.5 Å². The molecule has 8 nitrogen and oxygen atoms in total. The van der Waals surface area contributed by atoms with Crippen LogP contribution >= 0.6 is 12.0 Å². The Morgan fingerprint density at radius 1 is 0.917 bits per heavy atom. The van der Waals surface area contributed by atoms with Crippen LogP contribution in [0, 0.1) is 11.8 Å². The quantitative estimate of drug-likeness (QED) is 0.215. The monoisotopic (exact) mass is 420 g/mol. The zero-order valence-corrected chi connectivity index (χ0v) is 17.8. The third kappa shape index (κ3) is 15.4. The van der Waals surface area contributed by atoms with E-state index in [1.165, 1.54) is 0 Å². The number of hydrogen-bond acceptors (Lipinski definition) is 9. The van der Waals surface area contributed by atoms with Crippen LogP contribution in [0.1, 0.15) is 26.7 Å². The fourth-order valence-electron chi connectivity index (χ4n) is 1.04. The Kier molecular flexibility index (Phi) is 10.7. The third-order valence-electron chi connectivity index (χ3n) is 1.70. The summed E-state index contributed by atoms with van der Waals surface area (Å²) in [5.41, 5.74) is 0. The summed E-state index contributed by atoms with van der Waals surface area (Å²) in [6.07, 6.45) is 0.327. The van der Waals surface area contributed by atoms with Crippen molar-refractivity contribution in [2.45, 2.75) is 51.6 Å². The lowest BCUT2D eigenvalue weighted by molar-refractivity contribution is 0.277. The van der Waals surface area contributed by atoms with E-state index in [1.807, 2.05) is 0 Å². The summed E-state index contributed by atoms with van der Waals surface area (Å²) in [7, 11) is -10.3. The Hall–Kier alpha value is -0.133. The molecule has 0 aromatic rings. The Labute approximate surface area is 150 Å². The molecule has 0 N–H and O–H groups in total. The van der Waals surface area contributed by atoms with Gasteiger partial charge in [0.15, 0.2) is 0 Å². The third-order valence-corrected chi connectivity index (χ3v) is 6.79. The van der Waals surface area contributed by atoms with E-state index in [0.29, 0.717) is 0 Å². The molecule has 0 amide bonds. The maximum absolute atomic E-state index is 11.4. The normalized spacial score (nSPS) is 12.9. The molecule has 0 aromatic heterocycles. The first kappa shape index (κ1) is 23.9. The van der Waals surface area contributed by atoms with Crippen LogP contribution in [0.3, 0.4) is 0 Å². The summed E-state index contributed by atoms with van der Waals surface area (Å²) >= 11 is 0.788. The minimum Gasteiger partial charge on any atom is -0.294 e. The molecule has 0 saturated heterocycles. The van der Waals surface area contributed by atoms with E-state index < -0.39 is 29.1 Å². The van der Waals surface area contributed by atoms with Crippen LogP contribution in [-0.4, -0.2) is 43.6 Å². The minimum atomic E-state index is -4.03. The second-order valence-corrected chi connectivity index (χ2v) is 14.4. The molecule has 0 aliphatic rings. The van der Waals surface area contributed by atoms with Crippen molar-refractivity contribution in [1.29, 1.82) is 0 Å². The van der Waals surface area contributed by atoms with Gasteiger partial charge in [0.1, 0.15) is 0 Å². The molecule has 0 heterocycles. The van der Waals surface area contributed by atoms with Crippen molar-refractivity contribution in [3.8, 4) is 11.8 Å². The maximum Gasteiger partial charge on any atom is 0.410 e. The van der Waals surface area contributed by atoms with E-state index in [9.17, 15) is 16.8 Å². The molecule has 24 heavy (non-hydrogen) atoms. The standard InChI is InChI=1S/C12H24O8S3Si/c1-12(2)21-19-22(13,14)17-10-8-6-7-9-11-18-23(15,16)20-24(3,4)5/h12H,8-11H2,1-5H3. The van der Waals surface area contributed by atoms with E-state index >= 15 is 0 Å². The second-order valence-electron chi connectivity index (χ2n) is 5.72. The van der Waals surface area contributed by atoms with Crippen molar-refractivity contribution < 1.29 is 32.7 Å². The Bertz CT molecular complexity index is 625. The molecular weight excluding hydrogens is 396 g/mol. The van der Waals surface area contributed by atoms with Gasteiger partial charge in [-0.25, -0.2) is 8.37 Å². The molecule has 0 bridgehead atoms. The lowest BCUT2D eigenvalue weighted by atomic mass is 10.4. The lowest BCUT2D eigenvalue weighted by Crippen LogP contribution is -2.30. The van der Waals surface area contributed by atoms with Crippen LogP contribution in [0.15, 0.2) is 0 Å². The van der Waals surface area contributed by atoms with Crippen LogP contribution in [0.25, 0.3) is 0 Å². The average Bonchev–Trinajstić information content (AvgIpc) is 2.37. The highest BCUT2D eigenvalue weighted by molar-refractivity contribution is 8.03. The molecule has 0 radical (unpaired) electrons. The highest BCUT2D eigenvalue weighted by Crippen LogP contribution is 2.15. The Balaban J connectivity index is 3.94. The van der Waals surface area contributed by atoms with Crippen LogP contribution in [0.4, 0.5) is 0 Å². The maximum atomic E-state index is 11.4. The molecular formula is C12H24O8S3Si. The summed E-state index contributed by atoms with van der Waals surface area (Å²) in [5.74, 6) is 5.30. The van der Waals surface area contributed by atoms with E-state index in [0.717, 1.165) is 12.0 Å². The van der Waals surface area contributed by atoms with Gasteiger partial charge < -0.3 is 0 Å². The highest BCUT2D eigenvalue weighted by atomic mass is 32.3. The van der Waals surface area contributed by atoms with Gasteiger partial charge in [-0.1, -0.05) is 13.8 Å². The Morgan fingerprint density at radius 2 is 1.38 bits per heavy atom. The van der Waals surface area contributed by atoms with Crippen molar-refractivity contribution in [3.63, 3.8) is 0 Å². The molecule has 0 unspecified atom stereocenters. The van der Waals surface area contributed by atoms with Gasteiger partial charge in [-0.2, -0.15) is 20.5 Å². The number of hydrogen-bond donors (Lipinski definition) is 0. The summed E-state index contributed by atoms with van der Waals surface area (Å²) in [5, 5.41) is -0.00984. The van der Waals surface area contributed by atoms with Gasteiger partial charge in [-0.3, -0.25) is 3.87 Å². The van der Waals surface area contributed by atoms with Crippen molar-refractivity contribution in [2.75, 3.05) is 13.2 Å². The van der Waals surface area contributed by atoms with Crippen molar-refractivity contribution >= 4 is 41.2 Å². The molecule has 0 saturated carbocycles. The van der Waals surface area contributed by atoms with Crippen LogP contribution in [0.5, 0.6) is 0 Å². The smallest absolute Gasteiger partial charge is 0.294 e. The first-order valence-corrected chi connectivity index (χ1v) is 14.0. The molecule has 0 spiro atoms. The second kappa shape index (κ2) is 10.8. The summed E-state index contributed by atoms with van der Waals surface area (Å²) in [6, 6.07) is 0. The Morgan fingerprint density at radius 3 is 1.79 bits per heavy atom. The first-order valence-electron chi connectivity index (χ1n) is 7.13. The fourth-order valence-corrected chi connectivity index (χ4v) is 5.43. The van der Waals surface area contributed by atoms with Crippen molar-refractivity contribution in [2.24, 2.45) is 0 Å². The van der Waals surface area contributed by atoms with Gasteiger partial charge in [0.2, 0.25) is 8.32 Å². The molecule has 0 aliphatic carbocycles. The topological polar surface area (TPSA) is 105 Å². The van der Waals surface area contributed by atoms with E-state index in [-0.39, 0.29) is 31.3 Å². The summed E-state index contributed by atoms with van der Waals surface area (Å²) in [6.45, 7) is 8.46. The van der Waals surface area contributed by atoms with Gasteiger partial charge in [0.25, 0.3) is 0 Å². The van der Waals surface area contributed by atoms with Gasteiger partial charge in [-0.05, 0) is 19.6 Å². The number of rotatable bonds is 11. The van der Waals surface area contributed by atoms with Crippen molar-refractivity contribution in [3.05, 3.63) is 0 Å². The summed E-state index contributed by atoms with van der Waals surface area (Å²) in [4.78, 5) is 0. The highest BCUT2D eigenvalue weighted by Gasteiger charge is 2.24. The molecule has 0 aliphatic heterocycles. The molecule has 142 valence electrons. The SMILES string of the molecule is CC(C)SOS(=O)(=O)OCCC#CCCOS(=O)(=O)O[Si](C)(C)C. The van der Waals surface area contributed by atoms with Gasteiger partial charge in [-0.15, -0.1) is 11.8 Å². The van der Waals surface area contributed by atoms with Crippen LogP contribution in [-0.2, 0) is 36.7 Å². The van der Waals surface area contributed by atoms with E-state index in [4.69, 9.17) is 3.87 Å². The minimum absolute atomic E-state index is 0.00984. The van der Waals surface area contributed by atoms with Crippen LogP contribution < -0.4 is 0 Å². The zero-order chi connectivity index (χ0) is 18.9. The van der Waals surface area contributed by atoms with E-state index in [2.05, 4.69) is 23.8 Å². The molecule has 0 atom stereocenters. The zero-order valence-electron chi connectivity index (χ0n) is 14.4.